The number of benzene rings is 1. The molecule has 16 heavy (non-hydrogen) atoms. The van der Waals surface area contributed by atoms with Crippen molar-refractivity contribution in [2.24, 2.45) is 0 Å². The van der Waals surface area contributed by atoms with Gasteiger partial charge in [-0.3, -0.25) is 10.1 Å². The van der Waals surface area contributed by atoms with E-state index in [1.54, 1.807) is 12.1 Å². The van der Waals surface area contributed by atoms with Crippen LogP contribution in [0.4, 0.5) is 5.69 Å². The first kappa shape index (κ1) is 12.8. The molecule has 1 N–H and O–H groups in total. The zero-order valence-corrected chi connectivity index (χ0v) is 9.86. The van der Waals surface area contributed by atoms with Crippen molar-refractivity contribution >= 4 is 17.4 Å². The minimum absolute atomic E-state index is 0.0474. The molecule has 0 spiro atoms. The molecule has 0 aromatic heterocycles. The summed E-state index contributed by atoms with van der Waals surface area (Å²) in [5.74, 6) is 0.236. The second-order valence-electron chi connectivity index (χ2n) is 3.20. The second kappa shape index (κ2) is 5.72. The molecule has 1 rings (SSSR count). The maximum Gasteiger partial charge on any atom is 0.310 e. The number of aliphatic hydroxyl groups excluding tert-OH is 1. The third-order valence-corrected chi connectivity index (χ3v) is 3.02. The Hall–Kier alpha value is -1.27. The van der Waals surface area contributed by atoms with Gasteiger partial charge in [-0.1, -0.05) is 6.92 Å². The Labute approximate surface area is 97.6 Å². The van der Waals surface area contributed by atoms with Crippen LogP contribution in [0.25, 0.3) is 0 Å². The van der Waals surface area contributed by atoms with Gasteiger partial charge in [0.1, 0.15) is 0 Å². The number of aliphatic hydroxyl groups is 1. The summed E-state index contributed by atoms with van der Waals surface area (Å²) in [5.41, 5.74) is -0.0523. The number of nitro benzene ring substituents is 1. The maximum atomic E-state index is 10.6. The van der Waals surface area contributed by atoms with Crippen LogP contribution in [0.2, 0.25) is 0 Å². The first-order valence-corrected chi connectivity index (χ1v) is 5.56. The van der Waals surface area contributed by atoms with Crippen molar-refractivity contribution in [2.45, 2.75) is 17.1 Å². The Kier molecular flexibility index (Phi) is 4.57. The Morgan fingerprint density at radius 2 is 2.31 bits per heavy atom. The molecule has 1 unspecified atom stereocenters. The molecule has 6 heteroatoms. The lowest BCUT2D eigenvalue weighted by Crippen LogP contribution is -2.01. The van der Waals surface area contributed by atoms with Crippen LogP contribution in [0.5, 0.6) is 5.75 Å². The number of rotatable bonds is 5. The van der Waals surface area contributed by atoms with Gasteiger partial charge in [-0.25, -0.2) is 0 Å². The summed E-state index contributed by atoms with van der Waals surface area (Å²) in [6.07, 6.45) is 0. The third-order valence-electron chi connectivity index (χ3n) is 1.94. The smallest absolute Gasteiger partial charge is 0.310 e. The van der Waals surface area contributed by atoms with Gasteiger partial charge in [0.25, 0.3) is 0 Å². The van der Waals surface area contributed by atoms with Crippen molar-refractivity contribution < 1.29 is 14.8 Å². The fourth-order valence-electron chi connectivity index (χ4n) is 1.15. The van der Waals surface area contributed by atoms with E-state index in [2.05, 4.69) is 0 Å². The monoisotopic (exact) mass is 243 g/mol. The highest BCUT2D eigenvalue weighted by atomic mass is 32.2. The van der Waals surface area contributed by atoms with E-state index in [0.717, 1.165) is 4.90 Å². The van der Waals surface area contributed by atoms with Crippen LogP contribution >= 0.6 is 11.8 Å². The number of methoxy groups -OCH3 is 1. The van der Waals surface area contributed by atoms with Crippen LogP contribution in [0.15, 0.2) is 23.1 Å². The van der Waals surface area contributed by atoms with Crippen molar-refractivity contribution in [3.05, 3.63) is 28.3 Å². The number of nitro groups is 1. The molecule has 1 aromatic rings. The quantitative estimate of drug-likeness (QED) is 0.487. The molecule has 0 fully saturated rings. The van der Waals surface area contributed by atoms with Crippen molar-refractivity contribution in [2.75, 3.05) is 13.7 Å². The van der Waals surface area contributed by atoms with Crippen molar-refractivity contribution in [3.63, 3.8) is 0 Å². The fraction of sp³-hybridized carbons (Fsp3) is 0.400. The van der Waals surface area contributed by atoms with Crippen molar-refractivity contribution in [3.8, 4) is 5.75 Å². The van der Waals surface area contributed by atoms with Crippen LogP contribution in [0, 0.1) is 10.1 Å². The Bertz CT molecular complexity index is 383. The van der Waals surface area contributed by atoms with Gasteiger partial charge in [-0.05, 0) is 6.07 Å². The summed E-state index contributed by atoms with van der Waals surface area (Å²) >= 11 is 1.44. The highest BCUT2D eigenvalue weighted by Crippen LogP contribution is 2.33. The van der Waals surface area contributed by atoms with Gasteiger partial charge in [-0.15, -0.1) is 11.8 Å². The molecule has 5 nitrogen and oxygen atoms in total. The summed E-state index contributed by atoms with van der Waals surface area (Å²) in [6.45, 7) is 1.93. The molecule has 0 heterocycles. The van der Waals surface area contributed by atoms with Crippen LogP contribution < -0.4 is 4.74 Å². The largest absolute Gasteiger partial charge is 0.490 e. The van der Waals surface area contributed by atoms with E-state index in [1.807, 2.05) is 6.92 Å². The van der Waals surface area contributed by atoms with Crippen molar-refractivity contribution in [1.29, 1.82) is 0 Å². The summed E-state index contributed by atoms with van der Waals surface area (Å²) in [4.78, 5) is 11.0. The van der Waals surface area contributed by atoms with E-state index >= 15 is 0 Å². The zero-order valence-electron chi connectivity index (χ0n) is 9.04. The molecule has 0 radical (unpaired) electrons. The minimum atomic E-state index is -0.483. The van der Waals surface area contributed by atoms with Crippen LogP contribution in [0.3, 0.4) is 0 Å². The summed E-state index contributed by atoms with van der Waals surface area (Å²) in [6, 6.07) is 4.66. The summed E-state index contributed by atoms with van der Waals surface area (Å²) in [5, 5.41) is 19.6. The van der Waals surface area contributed by atoms with Gasteiger partial charge in [0.15, 0.2) is 5.75 Å². The maximum absolute atomic E-state index is 10.6. The fourth-order valence-corrected chi connectivity index (χ4v) is 2.01. The highest BCUT2D eigenvalue weighted by Gasteiger charge is 2.15. The number of ether oxygens (including phenoxy) is 1. The normalized spacial score (nSPS) is 12.2. The molecule has 0 bridgehead atoms. The second-order valence-corrected chi connectivity index (χ2v) is 4.71. The summed E-state index contributed by atoms with van der Waals surface area (Å²) < 4.78 is 4.95. The van der Waals surface area contributed by atoms with Crippen LogP contribution in [0.1, 0.15) is 6.92 Å². The molecule has 0 aliphatic rings. The molecular weight excluding hydrogens is 230 g/mol. The SMILES string of the molecule is COc1cc(SC(C)CO)ccc1[N+](=O)[O-]. The van der Waals surface area contributed by atoms with E-state index in [1.165, 1.54) is 24.9 Å². The molecule has 0 aliphatic carbocycles. The predicted octanol–water partition coefficient (Wildman–Crippen LogP) is 2.08. The van der Waals surface area contributed by atoms with E-state index in [4.69, 9.17) is 9.84 Å². The summed E-state index contributed by atoms with van der Waals surface area (Å²) in [7, 11) is 1.40. The van der Waals surface area contributed by atoms with Gasteiger partial charge in [0, 0.05) is 22.3 Å². The topological polar surface area (TPSA) is 72.6 Å². The first-order valence-electron chi connectivity index (χ1n) is 4.68. The van der Waals surface area contributed by atoms with E-state index < -0.39 is 4.92 Å². The lowest BCUT2D eigenvalue weighted by Gasteiger charge is -2.08. The predicted molar refractivity (Wildman–Crippen MR) is 62.1 cm³/mol. The number of thioether (sulfide) groups is 1. The zero-order chi connectivity index (χ0) is 12.1. The highest BCUT2D eigenvalue weighted by molar-refractivity contribution is 8.00. The van der Waals surface area contributed by atoms with Gasteiger partial charge in [0.05, 0.1) is 18.6 Å². The first-order chi connectivity index (χ1) is 7.58. The van der Waals surface area contributed by atoms with E-state index in [9.17, 15) is 10.1 Å². The molecular formula is C10H13NO4S. The van der Waals surface area contributed by atoms with Crippen LogP contribution in [-0.4, -0.2) is 29.0 Å². The van der Waals surface area contributed by atoms with Gasteiger partial charge in [-0.2, -0.15) is 0 Å². The van der Waals surface area contributed by atoms with Crippen LogP contribution in [-0.2, 0) is 0 Å². The molecule has 0 saturated carbocycles. The number of hydrogen-bond donors (Lipinski definition) is 1. The molecule has 0 aliphatic heterocycles. The molecule has 1 aromatic carbocycles. The Morgan fingerprint density at radius 1 is 1.62 bits per heavy atom. The van der Waals surface area contributed by atoms with E-state index in [0.29, 0.717) is 0 Å². The van der Waals surface area contributed by atoms with Gasteiger partial charge < -0.3 is 9.84 Å². The van der Waals surface area contributed by atoms with Gasteiger partial charge >= 0.3 is 5.69 Å². The average Bonchev–Trinajstić information content (AvgIpc) is 2.28. The van der Waals surface area contributed by atoms with E-state index in [-0.39, 0.29) is 23.3 Å². The standard InChI is InChI=1S/C10H13NO4S/c1-7(6-12)16-8-3-4-9(11(13)14)10(5-8)15-2/h3-5,7,12H,6H2,1-2H3. The number of nitrogens with zero attached hydrogens (tertiary/aromatic N) is 1. The Morgan fingerprint density at radius 3 is 2.81 bits per heavy atom. The number of hydrogen-bond acceptors (Lipinski definition) is 5. The third kappa shape index (κ3) is 3.11. The molecule has 0 saturated heterocycles. The average molecular weight is 243 g/mol. The van der Waals surface area contributed by atoms with Gasteiger partial charge in [0.2, 0.25) is 0 Å². The lowest BCUT2D eigenvalue weighted by molar-refractivity contribution is -0.385. The molecule has 1 atom stereocenters. The Balaban J connectivity index is 2.95. The lowest BCUT2D eigenvalue weighted by atomic mass is 10.3. The van der Waals surface area contributed by atoms with Crippen molar-refractivity contribution in [1.82, 2.24) is 0 Å². The molecule has 0 amide bonds. The molecule has 88 valence electrons. The minimum Gasteiger partial charge on any atom is -0.490 e.